The molecule has 1 heterocycles. The van der Waals surface area contributed by atoms with Crippen LogP contribution in [0.25, 0.3) is 0 Å². The van der Waals surface area contributed by atoms with Gasteiger partial charge in [0, 0.05) is 25.1 Å². The van der Waals surface area contributed by atoms with Gasteiger partial charge in [-0.1, -0.05) is 13.8 Å². The molecule has 2 N–H and O–H groups in total. The van der Waals surface area contributed by atoms with Crippen LogP contribution in [0.2, 0.25) is 0 Å². The summed E-state index contributed by atoms with van der Waals surface area (Å²) in [6.45, 7) is 9.33. The molecular weight excluding hydrogens is 164 g/mol. The van der Waals surface area contributed by atoms with Gasteiger partial charge in [0.05, 0.1) is 6.61 Å². The van der Waals surface area contributed by atoms with E-state index < -0.39 is 0 Å². The first kappa shape index (κ1) is 11.0. The van der Waals surface area contributed by atoms with Crippen molar-refractivity contribution in [3.8, 4) is 0 Å². The van der Waals surface area contributed by atoms with E-state index in [9.17, 15) is 0 Å². The largest absolute Gasteiger partial charge is 0.381 e. The third-order valence-electron chi connectivity index (χ3n) is 2.93. The molecule has 3 nitrogen and oxygen atoms in total. The molecular formula is C10H22N2O. The minimum absolute atomic E-state index is 0.294. The summed E-state index contributed by atoms with van der Waals surface area (Å²) in [5.41, 5.74) is 6.11. The van der Waals surface area contributed by atoms with Crippen molar-refractivity contribution in [2.75, 3.05) is 32.8 Å². The van der Waals surface area contributed by atoms with E-state index in [2.05, 4.69) is 18.7 Å². The van der Waals surface area contributed by atoms with Gasteiger partial charge in [0.15, 0.2) is 0 Å². The van der Waals surface area contributed by atoms with Crippen LogP contribution in [-0.4, -0.2) is 43.8 Å². The van der Waals surface area contributed by atoms with Crippen molar-refractivity contribution in [3.05, 3.63) is 0 Å². The van der Waals surface area contributed by atoms with Crippen molar-refractivity contribution in [3.63, 3.8) is 0 Å². The molecule has 0 radical (unpaired) electrons. The Balaban J connectivity index is 2.25. The van der Waals surface area contributed by atoms with E-state index in [1.165, 1.54) is 0 Å². The fourth-order valence-electron chi connectivity index (χ4n) is 1.82. The highest BCUT2D eigenvalue weighted by molar-refractivity contribution is 4.78. The van der Waals surface area contributed by atoms with Crippen molar-refractivity contribution >= 4 is 0 Å². The molecule has 1 saturated heterocycles. The molecule has 0 bridgehead atoms. The molecule has 2 unspecified atom stereocenters. The van der Waals surface area contributed by atoms with E-state index >= 15 is 0 Å². The lowest BCUT2D eigenvalue weighted by atomic mass is 9.99. The Morgan fingerprint density at radius 3 is 2.62 bits per heavy atom. The average molecular weight is 186 g/mol. The minimum Gasteiger partial charge on any atom is -0.381 e. The summed E-state index contributed by atoms with van der Waals surface area (Å²) in [5, 5.41) is 0. The number of nitrogens with zero attached hydrogens (tertiary/aromatic N) is 1. The van der Waals surface area contributed by atoms with Crippen LogP contribution in [0.3, 0.4) is 0 Å². The zero-order valence-electron chi connectivity index (χ0n) is 8.83. The van der Waals surface area contributed by atoms with Gasteiger partial charge in [0.2, 0.25) is 0 Å². The Morgan fingerprint density at radius 1 is 1.46 bits per heavy atom. The van der Waals surface area contributed by atoms with Gasteiger partial charge >= 0.3 is 0 Å². The normalized spacial score (nSPS) is 25.4. The van der Waals surface area contributed by atoms with Crippen LogP contribution in [0.4, 0.5) is 0 Å². The van der Waals surface area contributed by atoms with Crippen LogP contribution in [-0.2, 0) is 4.74 Å². The number of rotatable bonds is 5. The molecule has 2 atom stereocenters. The van der Waals surface area contributed by atoms with Gasteiger partial charge < -0.3 is 15.4 Å². The highest BCUT2D eigenvalue weighted by Gasteiger charge is 2.23. The van der Waals surface area contributed by atoms with Crippen LogP contribution in [0, 0.1) is 5.92 Å². The smallest absolute Gasteiger partial charge is 0.0510 e. The molecule has 1 aliphatic heterocycles. The lowest BCUT2D eigenvalue weighted by molar-refractivity contribution is 0.172. The van der Waals surface area contributed by atoms with Gasteiger partial charge in [0.1, 0.15) is 0 Å². The third-order valence-corrected chi connectivity index (χ3v) is 2.93. The molecule has 0 aromatic rings. The second-order valence-corrected chi connectivity index (χ2v) is 3.77. The summed E-state index contributed by atoms with van der Waals surface area (Å²) in [4.78, 5) is 2.38. The van der Waals surface area contributed by atoms with Crippen molar-refractivity contribution in [2.45, 2.75) is 26.3 Å². The summed E-state index contributed by atoms with van der Waals surface area (Å²) in [6.07, 6.45) is 1.14. The van der Waals surface area contributed by atoms with Crippen LogP contribution in [0.1, 0.15) is 20.3 Å². The van der Waals surface area contributed by atoms with Crippen LogP contribution >= 0.6 is 0 Å². The molecule has 78 valence electrons. The molecule has 0 saturated carbocycles. The maximum Gasteiger partial charge on any atom is 0.0510 e. The lowest BCUT2D eigenvalue weighted by Crippen LogP contribution is -2.42. The van der Waals surface area contributed by atoms with Gasteiger partial charge in [-0.25, -0.2) is 0 Å². The monoisotopic (exact) mass is 186 g/mol. The second-order valence-electron chi connectivity index (χ2n) is 3.77. The molecule has 1 rings (SSSR count). The predicted octanol–water partition coefficient (Wildman–Crippen LogP) is 0.692. The van der Waals surface area contributed by atoms with Crippen molar-refractivity contribution < 1.29 is 4.74 Å². The number of ether oxygens (including phenoxy) is 1. The van der Waals surface area contributed by atoms with Gasteiger partial charge in [-0.3, -0.25) is 0 Å². The maximum atomic E-state index is 6.11. The van der Waals surface area contributed by atoms with E-state index in [0.29, 0.717) is 12.0 Å². The first-order valence-corrected chi connectivity index (χ1v) is 5.33. The Morgan fingerprint density at radius 2 is 2.15 bits per heavy atom. The summed E-state index contributed by atoms with van der Waals surface area (Å²) in [6, 6.07) is 0.294. The first-order valence-electron chi connectivity index (χ1n) is 5.33. The molecule has 3 heteroatoms. The number of hydrogen-bond donors (Lipinski definition) is 1. The summed E-state index contributed by atoms with van der Waals surface area (Å²) in [7, 11) is 0. The SMILES string of the molecule is CCN(CC)CC(N)C1CCOC1. The molecule has 0 amide bonds. The van der Waals surface area contributed by atoms with Crippen LogP contribution in [0.15, 0.2) is 0 Å². The molecule has 0 aliphatic carbocycles. The molecule has 1 fully saturated rings. The predicted molar refractivity (Wildman–Crippen MR) is 54.7 cm³/mol. The Bertz CT molecular complexity index is 131. The Hall–Kier alpha value is -0.120. The van der Waals surface area contributed by atoms with Gasteiger partial charge in [-0.15, -0.1) is 0 Å². The fourth-order valence-corrected chi connectivity index (χ4v) is 1.82. The Labute approximate surface area is 81.2 Å². The zero-order valence-corrected chi connectivity index (χ0v) is 8.83. The topological polar surface area (TPSA) is 38.5 Å². The number of hydrogen-bond acceptors (Lipinski definition) is 3. The number of likely N-dealkylation sites (N-methyl/N-ethyl adjacent to an activating group) is 1. The highest BCUT2D eigenvalue weighted by Crippen LogP contribution is 2.15. The van der Waals surface area contributed by atoms with E-state index in [1.54, 1.807) is 0 Å². The van der Waals surface area contributed by atoms with Crippen LogP contribution < -0.4 is 5.73 Å². The van der Waals surface area contributed by atoms with Crippen molar-refractivity contribution in [1.29, 1.82) is 0 Å². The van der Waals surface area contributed by atoms with Gasteiger partial charge in [0.25, 0.3) is 0 Å². The summed E-state index contributed by atoms with van der Waals surface area (Å²) in [5.74, 6) is 0.584. The molecule has 13 heavy (non-hydrogen) atoms. The quantitative estimate of drug-likeness (QED) is 0.686. The highest BCUT2D eigenvalue weighted by atomic mass is 16.5. The van der Waals surface area contributed by atoms with E-state index in [4.69, 9.17) is 10.5 Å². The zero-order chi connectivity index (χ0) is 9.68. The van der Waals surface area contributed by atoms with E-state index in [-0.39, 0.29) is 0 Å². The summed E-state index contributed by atoms with van der Waals surface area (Å²) < 4.78 is 5.33. The second kappa shape index (κ2) is 5.58. The molecule has 0 aromatic heterocycles. The maximum absolute atomic E-state index is 6.11. The van der Waals surface area contributed by atoms with E-state index in [0.717, 1.165) is 39.3 Å². The average Bonchev–Trinajstić information content (AvgIpc) is 2.66. The summed E-state index contributed by atoms with van der Waals surface area (Å²) >= 11 is 0. The molecule has 1 aliphatic rings. The first-order chi connectivity index (χ1) is 6.27. The lowest BCUT2D eigenvalue weighted by Gasteiger charge is -2.25. The molecule has 0 aromatic carbocycles. The van der Waals surface area contributed by atoms with Crippen molar-refractivity contribution in [2.24, 2.45) is 11.7 Å². The number of nitrogens with two attached hydrogens (primary N) is 1. The minimum atomic E-state index is 0.294. The van der Waals surface area contributed by atoms with Gasteiger partial charge in [-0.2, -0.15) is 0 Å². The third kappa shape index (κ3) is 3.25. The fraction of sp³-hybridized carbons (Fsp3) is 1.00. The van der Waals surface area contributed by atoms with E-state index in [1.807, 2.05) is 0 Å². The standard InChI is InChI=1S/C10H22N2O/c1-3-12(4-2)7-10(11)9-5-6-13-8-9/h9-10H,3-8,11H2,1-2H3. The van der Waals surface area contributed by atoms with Gasteiger partial charge in [-0.05, 0) is 19.5 Å². The molecule has 0 spiro atoms. The van der Waals surface area contributed by atoms with Crippen molar-refractivity contribution in [1.82, 2.24) is 4.90 Å². The van der Waals surface area contributed by atoms with Crippen LogP contribution in [0.5, 0.6) is 0 Å². The Kier molecular flexibility index (Phi) is 4.70.